The lowest BCUT2D eigenvalue weighted by Crippen LogP contribution is -2.31. The van der Waals surface area contributed by atoms with Gasteiger partial charge in [-0.2, -0.15) is 5.26 Å². The largest absolute Gasteiger partial charge is 0.508 e. The smallest absolute Gasteiger partial charge is 0.254 e. The zero-order valence-electron chi connectivity index (χ0n) is 9.40. The summed E-state index contributed by atoms with van der Waals surface area (Å²) in [6.45, 7) is 4.15. The molecule has 0 unspecified atom stereocenters. The SMILES string of the molecule is CCN(CC#N)C(=O)c1ccc(O)cc1C. The van der Waals surface area contributed by atoms with E-state index in [0.717, 1.165) is 0 Å². The van der Waals surface area contributed by atoms with E-state index in [2.05, 4.69) is 0 Å². The number of phenolic OH excluding ortho intramolecular Hbond substituents is 1. The Morgan fingerprint density at radius 3 is 2.75 bits per heavy atom. The Hall–Kier alpha value is -2.02. The van der Waals surface area contributed by atoms with Crippen molar-refractivity contribution < 1.29 is 9.90 Å². The van der Waals surface area contributed by atoms with E-state index >= 15 is 0 Å². The van der Waals surface area contributed by atoms with Crippen LogP contribution in [0.5, 0.6) is 5.75 Å². The number of hydrogen-bond donors (Lipinski definition) is 1. The molecule has 1 aromatic carbocycles. The summed E-state index contributed by atoms with van der Waals surface area (Å²) in [5.74, 6) is -0.0427. The van der Waals surface area contributed by atoms with Gasteiger partial charge in [-0.1, -0.05) is 0 Å². The Morgan fingerprint density at radius 1 is 1.56 bits per heavy atom. The number of benzene rings is 1. The fourth-order valence-corrected chi connectivity index (χ4v) is 1.47. The van der Waals surface area contributed by atoms with Crippen molar-refractivity contribution >= 4 is 5.91 Å². The van der Waals surface area contributed by atoms with Crippen molar-refractivity contribution in [2.75, 3.05) is 13.1 Å². The van der Waals surface area contributed by atoms with Gasteiger partial charge in [0.25, 0.3) is 5.91 Å². The van der Waals surface area contributed by atoms with Crippen LogP contribution in [0.3, 0.4) is 0 Å². The number of aromatic hydroxyl groups is 1. The third kappa shape index (κ3) is 2.51. The van der Waals surface area contributed by atoms with Crippen LogP contribution in [0.4, 0.5) is 0 Å². The predicted octanol–water partition coefficient (Wildman–Crippen LogP) is 1.69. The van der Waals surface area contributed by atoms with Crippen LogP contribution in [-0.4, -0.2) is 29.0 Å². The van der Waals surface area contributed by atoms with Gasteiger partial charge in [0.2, 0.25) is 0 Å². The van der Waals surface area contributed by atoms with Crippen LogP contribution in [0.15, 0.2) is 18.2 Å². The highest BCUT2D eigenvalue weighted by Gasteiger charge is 2.15. The lowest BCUT2D eigenvalue weighted by molar-refractivity contribution is 0.0783. The average molecular weight is 218 g/mol. The molecule has 0 bridgehead atoms. The minimum Gasteiger partial charge on any atom is -0.508 e. The van der Waals surface area contributed by atoms with Gasteiger partial charge in [-0.15, -0.1) is 0 Å². The first-order valence-corrected chi connectivity index (χ1v) is 5.06. The molecule has 84 valence electrons. The van der Waals surface area contributed by atoms with E-state index in [9.17, 15) is 9.90 Å². The highest BCUT2D eigenvalue weighted by atomic mass is 16.3. The van der Waals surface area contributed by atoms with Crippen molar-refractivity contribution in [3.05, 3.63) is 29.3 Å². The molecule has 1 amide bonds. The maximum Gasteiger partial charge on any atom is 0.254 e. The molecular weight excluding hydrogens is 204 g/mol. The molecule has 0 aliphatic heterocycles. The van der Waals surface area contributed by atoms with Crippen LogP contribution in [0, 0.1) is 18.3 Å². The fraction of sp³-hybridized carbons (Fsp3) is 0.333. The number of nitriles is 1. The number of carbonyl (C=O) groups excluding carboxylic acids is 1. The highest BCUT2D eigenvalue weighted by Crippen LogP contribution is 2.17. The summed E-state index contributed by atoms with van der Waals surface area (Å²) in [5, 5.41) is 17.8. The first kappa shape index (κ1) is 12.1. The first-order valence-electron chi connectivity index (χ1n) is 5.06. The molecule has 1 aromatic rings. The summed E-state index contributed by atoms with van der Waals surface area (Å²) in [4.78, 5) is 13.4. The highest BCUT2D eigenvalue weighted by molar-refractivity contribution is 5.95. The molecule has 0 saturated heterocycles. The molecule has 1 N–H and O–H groups in total. The molecule has 0 aromatic heterocycles. The molecule has 0 aliphatic carbocycles. The van der Waals surface area contributed by atoms with Gasteiger partial charge in [-0.05, 0) is 37.6 Å². The van der Waals surface area contributed by atoms with Crippen molar-refractivity contribution in [2.24, 2.45) is 0 Å². The zero-order valence-corrected chi connectivity index (χ0v) is 9.40. The summed E-state index contributed by atoms with van der Waals surface area (Å²) in [6, 6.07) is 6.54. The van der Waals surface area contributed by atoms with Gasteiger partial charge >= 0.3 is 0 Å². The number of nitrogens with zero attached hydrogens (tertiary/aromatic N) is 2. The second-order valence-electron chi connectivity index (χ2n) is 3.48. The van der Waals surface area contributed by atoms with Crippen molar-refractivity contribution in [1.82, 2.24) is 4.90 Å². The first-order chi connectivity index (χ1) is 7.60. The minimum atomic E-state index is -0.179. The van der Waals surface area contributed by atoms with Crippen LogP contribution in [0.25, 0.3) is 0 Å². The topological polar surface area (TPSA) is 64.3 Å². The van der Waals surface area contributed by atoms with E-state index in [-0.39, 0.29) is 18.2 Å². The van der Waals surface area contributed by atoms with E-state index in [0.29, 0.717) is 17.7 Å². The van der Waals surface area contributed by atoms with Crippen molar-refractivity contribution in [2.45, 2.75) is 13.8 Å². The Labute approximate surface area is 94.7 Å². The molecule has 0 spiro atoms. The fourth-order valence-electron chi connectivity index (χ4n) is 1.47. The van der Waals surface area contributed by atoms with E-state index in [1.54, 1.807) is 13.0 Å². The van der Waals surface area contributed by atoms with Crippen LogP contribution >= 0.6 is 0 Å². The van der Waals surface area contributed by atoms with Gasteiger partial charge in [0.05, 0.1) is 6.07 Å². The number of aryl methyl sites for hydroxylation is 1. The molecule has 0 atom stereocenters. The number of phenols is 1. The van der Waals surface area contributed by atoms with Gasteiger partial charge in [0.1, 0.15) is 12.3 Å². The predicted molar refractivity (Wildman–Crippen MR) is 60.0 cm³/mol. The Bertz CT molecular complexity index is 435. The molecular formula is C12H14N2O2. The molecule has 16 heavy (non-hydrogen) atoms. The van der Waals surface area contributed by atoms with Crippen molar-refractivity contribution in [3.8, 4) is 11.8 Å². The van der Waals surface area contributed by atoms with Crippen molar-refractivity contribution in [1.29, 1.82) is 5.26 Å². The van der Waals surface area contributed by atoms with Crippen LogP contribution in [0.1, 0.15) is 22.8 Å². The van der Waals surface area contributed by atoms with Gasteiger partial charge in [-0.25, -0.2) is 0 Å². The molecule has 1 rings (SSSR count). The minimum absolute atomic E-state index is 0.0790. The second-order valence-corrected chi connectivity index (χ2v) is 3.48. The Kier molecular flexibility index (Phi) is 3.90. The third-order valence-electron chi connectivity index (χ3n) is 2.37. The summed E-state index contributed by atoms with van der Waals surface area (Å²) in [7, 11) is 0. The maximum atomic E-state index is 12.0. The molecule has 0 radical (unpaired) electrons. The van der Waals surface area contributed by atoms with Crippen LogP contribution in [-0.2, 0) is 0 Å². The number of hydrogen-bond acceptors (Lipinski definition) is 3. The quantitative estimate of drug-likeness (QED) is 0.785. The summed E-state index contributed by atoms with van der Waals surface area (Å²) < 4.78 is 0. The van der Waals surface area contributed by atoms with E-state index < -0.39 is 0 Å². The zero-order chi connectivity index (χ0) is 12.1. The van der Waals surface area contributed by atoms with E-state index in [1.807, 2.05) is 13.0 Å². The van der Waals surface area contributed by atoms with Gasteiger partial charge in [0.15, 0.2) is 0 Å². The molecule has 4 nitrogen and oxygen atoms in total. The maximum absolute atomic E-state index is 12.0. The molecule has 0 saturated carbocycles. The lowest BCUT2D eigenvalue weighted by atomic mass is 10.1. The van der Waals surface area contributed by atoms with E-state index in [4.69, 9.17) is 5.26 Å². The van der Waals surface area contributed by atoms with Crippen LogP contribution < -0.4 is 0 Å². The lowest BCUT2D eigenvalue weighted by Gasteiger charge is -2.18. The Morgan fingerprint density at radius 2 is 2.25 bits per heavy atom. The molecule has 0 fully saturated rings. The number of carbonyl (C=O) groups is 1. The van der Waals surface area contributed by atoms with Crippen molar-refractivity contribution in [3.63, 3.8) is 0 Å². The molecule has 0 heterocycles. The standard InChI is InChI=1S/C12H14N2O2/c1-3-14(7-6-13)12(16)11-5-4-10(15)8-9(11)2/h4-5,8,15H,3,7H2,1-2H3. The molecule has 0 aliphatic rings. The summed E-state index contributed by atoms with van der Waals surface area (Å²) in [6.07, 6.45) is 0. The average Bonchev–Trinajstić information content (AvgIpc) is 2.25. The van der Waals surface area contributed by atoms with E-state index in [1.165, 1.54) is 17.0 Å². The normalized spacial score (nSPS) is 9.56. The number of rotatable bonds is 3. The summed E-state index contributed by atoms with van der Waals surface area (Å²) >= 11 is 0. The van der Waals surface area contributed by atoms with Gasteiger partial charge in [-0.3, -0.25) is 4.79 Å². The monoisotopic (exact) mass is 218 g/mol. The Balaban J connectivity index is 3.00. The van der Waals surface area contributed by atoms with Crippen LogP contribution in [0.2, 0.25) is 0 Å². The second kappa shape index (κ2) is 5.17. The number of amides is 1. The molecule has 4 heteroatoms. The van der Waals surface area contributed by atoms with Gasteiger partial charge in [0, 0.05) is 12.1 Å². The summed E-state index contributed by atoms with van der Waals surface area (Å²) in [5.41, 5.74) is 1.23. The third-order valence-corrected chi connectivity index (χ3v) is 2.37. The van der Waals surface area contributed by atoms with Gasteiger partial charge < -0.3 is 10.0 Å².